The van der Waals surface area contributed by atoms with Crippen molar-refractivity contribution < 1.29 is 0 Å². The van der Waals surface area contributed by atoms with Gasteiger partial charge in [0.25, 0.3) is 0 Å². The van der Waals surface area contributed by atoms with E-state index >= 15 is 0 Å². The van der Waals surface area contributed by atoms with E-state index in [9.17, 15) is 0 Å². The summed E-state index contributed by atoms with van der Waals surface area (Å²) in [5.74, 6) is 1.18. The molecule has 1 aliphatic rings. The van der Waals surface area contributed by atoms with Crippen LogP contribution in [0, 0.1) is 5.41 Å². The van der Waals surface area contributed by atoms with Gasteiger partial charge in [-0.2, -0.15) is 0 Å². The van der Waals surface area contributed by atoms with E-state index in [1.165, 1.54) is 31.4 Å². The molecule has 0 fully saturated rings. The molecule has 1 aliphatic heterocycles. The Labute approximate surface area is 105 Å². The molecule has 0 bridgehead atoms. The van der Waals surface area contributed by atoms with Crippen molar-refractivity contribution >= 4 is 16.9 Å². The average Bonchev–Trinajstić information content (AvgIpc) is 2.22. The second-order valence-electron chi connectivity index (χ2n) is 5.62. The molecule has 1 unspecified atom stereocenters. The number of amidine groups is 1. The average molecular weight is 242 g/mol. The summed E-state index contributed by atoms with van der Waals surface area (Å²) >= 11 is 1.88. The van der Waals surface area contributed by atoms with E-state index in [4.69, 9.17) is 0 Å². The maximum Gasteiger partial charge on any atom is 0.156 e. The number of aliphatic imine (C=N–C) groups is 1. The second-order valence-corrected chi connectivity index (χ2v) is 6.58. The highest BCUT2D eigenvalue weighted by Gasteiger charge is 2.23. The Balaban J connectivity index is 2.24. The van der Waals surface area contributed by atoms with Crippen molar-refractivity contribution in [2.24, 2.45) is 10.4 Å². The number of rotatable bonds is 5. The van der Waals surface area contributed by atoms with Crippen molar-refractivity contribution in [2.75, 3.05) is 12.3 Å². The minimum atomic E-state index is 0.376. The summed E-state index contributed by atoms with van der Waals surface area (Å²) in [7, 11) is 0. The molecule has 2 nitrogen and oxygen atoms in total. The van der Waals surface area contributed by atoms with E-state index in [2.05, 4.69) is 38.0 Å². The first-order chi connectivity index (χ1) is 7.53. The molecule has 0 saturated heterocycles. The summed E-state index contributed by atoms with van der Waals surface area (Å²) in [5.41, 5.74) is 0.376. The number of unbranched alkanes of at least 4 members (excludes halogenated alkanes) is 2. The highest BCUT2D eigenvalue weighted by atomic mass is 32.2. The van der Waals surface area contributed by atoms with E-state index in [0.717, 1.165) is 11.7 Å². The molecule has 0 amide bonds. The smallest absolute Gasteiger partial charge is 0.156 e. The van der Waals surface area contributed by atoms with Crippen LogP contribution in [-0.2, 0) is 0 Å². The van der Waals surface area contributed by atoms with Gasteiger partial charge in [0.05, 0.1) is 0 Å². The van der Waals surface area contributed by atoms with Gasteiger partial charge in [0.15, 0.2) is 5.17 Å². The molecule has 1 N–H and O–H groups in total. The molecule has 0 aromatic carbocycles. The fraction of sp³-hybridized carbons (Fsp3) is 0.923. The van der Waals surface area contributed by atoms with Gasteiger partial charge in [-0.15, -0.1) is 0 Å². The molecule has 0 saturated carbocycles. The lowest BCUT2D eigenvalue weighted by atomic mass is 9.97. The van der Waals surface area contributed by atoms with Gasteiger partial charge in [-0.1, -0.05) is 51.8 Å². The van der Waals surface area contributed by atoms with Crippen LogP contribution in [0.2, 0.25) is 0 Å². The maximum absolute atomic E-state index is 4.62. The van der Waals surface area contributed by atoms with Crippen molar-refractivity contribution in [3.8, 4) is 0 Å². The Morgan fingerprint density at radius 1 is 1.44 bits per heavy atom. The Hall–Kier alpha value is -0.180. The third kappa shape index (κ3) is 5.24. The van der Waals surface area contributed by atoms with Crippen LogP contribution in [0.15, 0.2) is 4.99 Å². The van der Waals surface area contributed by atoms with Gasteiger partial charge < -0.3 is 5.32 Å². The van der Waals surface area contributed by atoms with Crippen LogP contribution in [0.3, 0.4) is 0 Å². The molecule has 0 spiro atoms. The second kappa shape index (κ2) is 6.53. The van der Waals surface area contributed by atoms with Gasteiger partial charge in [0, 0.05) is 18.3 Å². The zero-order valence-electron chi connectivity index (χ0n) is 11.2. The first kappa shape index (κ1) is 13.9. The van der Waals surface area contributed by atoms with Crippen molar-refractivity contribution in [3.63, 3.8) is 0 Å². The Bertz CT molecular complexity index is 236. The third-order valence-corrected chi connectivity index (χ3v) is 4.31. The summed E-state index contributed by atoms with van der Waals surface area (Å²) in [5, 5.41) is 4.68. The molecule has 1 rings (SSSR count). The van der Waals surface area contributed by atoms with Crippen molar-refractivity contribution in [1.82, 2.24) is 5.32 Å². The first-order valence-electron chi connectivity index (χ1n) is 6.47. The van der Waals surface area contributed by atoms with E-state index in [0.29, 0.717) is 11.5 Å². The fourth-order valence-corrected chi connectivity index (χ4v) is 2.77. The lowest BCUT2D eigenvalue weighted by Gasteiger charge is -2.28. The lowest BCUT2D eigenvalue weighted by Crippen LogP contribution is -2.36. The predicted molar refractivity (Wildman–Crippen MR) is 75.3 cm³/mol. The molecule has 0 aliphatic carbocycles. The predicted octanol–water partition coefficient (Wildman–Crippen LogP) is 3.67. The SMILES string of the molecule is CCCCCC(C)NC1=NCC(C)(C)CS1. The van der Waals surface area contributed by atoms with Crippen molar-refractivity contribution in [1.29, 1.82) is 0 Å². The summed E-state index contributed by atoms with van der Waals surface area (Å²) in [6.45, 7) is 10.0. The van der Waals surface area contributed by atoms with Crippen LogP contribution >= 0.6 is 11.8 Å². The summed E-state index contributed by atoms with van der Waals surface area (Å²) < 4.78 is 0. The minimum absolute atomic E-state index is 0.376. The largest absolute Gasteiger partial charge is 0.362 e. The van der Waals surface area contributed by atoms with E-state index < -0.39 is 0 Å². The molecule has 94 valence electrons. The molecule has 1 atom stereocenters. The van der Waals surface area contributed by atoms with E-state index in [-0.39, 0.29) is 0 Å². The highest BCUT2D eigenvalue weighted by Crippen LogP contribution is 2.27. The third-order valence-electron chi connectivity index (χ3n) is 2.86. The quantitative estimate of drug-likeness (QED) is 0.744. The standard InChI is InChI=1S/C13H26N2S/c1-5-6-7-8-11(2)15-12-14-9-13(3,4)10-16-12/h11H,5-10H2,1-4H3,(H,14,15). The molecule has 0 aromatic rings. The van der Waals surface area contributed by atoms with Gasteiger partial charge in [0.2, 0.25) is 0 Å². The van der Waals surface area contributed by atoms with Crippen LogP contribution in [0.25, 0.3) is 0 Å². The van der Waals surface area contributed by atoms with Gasteiger partial charge in [-0.25, -0.2) is 0 Å². The van der Waals surface area contributed by atoms with Crippen LogP contribution < -0.4 is 5.32 Å². The molecule has 0 aromatic heterocycles. The van der Waals surface area contributed by atoms with Crippen LogP contribution in [0.1, 0.15) is 53.4 Å². The summed E-state index contributed by atoms with van der Waals surface area (Å²) in [4.78, 5) is 4.62. The number of hydrogen-bond donors (Lipinski definition) is 1. The van der Waals surface area contributed by atoms with Crippen molar-refractivity contribution in [2.45, 2.75) is 59.4 Å². The normalized spacial score (nSPS) is 21.4. The van der Waals surface area contributed by atoms with Crippen LogP contribution in [0.5, 0.6) is 0 Å². The van der Waals surface area contributed by atoms with Gasteiger partial charge in [-0.3, -0.25) is 4.99 Å². The van der Waals surface area contributed by atoms with Crippen molar-refractivity contribution in [3.05, 3.63) is 0 Å². The molecule has 3 heteroatoms. The molecule has 0 radical (unpaired) electrons. The Kier molecular flexibility index (Phi) is 5.67. The van der Waals surface area contributed by atoms with Crippen LogP contribution in [-0.4, -0.2) is 23.5 Å². The van der Waals surface area contributed by atoms with Gasteiger partial charge in [0.1, 0.15) is 0 Å². The summed E-state index contributed by atoms with van der Waals surface area (Å²) in [6.07, 6.45) is 5.24. The fourth-order valence-electron chi connectivity index (χ4n) is 1.71. The zero-order chi connectivity index (χ0) is 12.0. The van der Waals surface area contributed by atoms with E-state index in [1.807, 2.05) is 11.8 Å². The Morgan fingerprint density at radius 2 is 2.19 bits per heavy atom. The molecular weight excluding hydrogens is 216 g/mol. The highest BCUT2D eigenvalue weighted by molar-refractivity contribution is 8.13. The first-order valence-corrected chi connectivity index (χ1v) is 7.46. The molecular formula is C13H26N2S. The number of nitrogens with zero attached hydrogens (tertiary/aromatic N) is 1. The molecule has 16 heavy (non-hydrogen) atoms. The van der Waals surface area contributed by atoms with E-state index in [1.54, 1.807) is 0 Å². The number of nitrogens with one attached hydrogen (secondary N) is 1. The van der Waals surface area contributed by atoms with Crippen LogP contribution in [0.4, 0.5) is 0 Å². The molecule has 1 heterocycles. The zero-order valence-corrected chi connectivity index (χ0v) is 12.0. The topological polar surface area (TPSA) is 24.4 Å². The number of hydrogen-bond acceptors (Lipinski definition) is 3. The number of thioether (sulfide) groups is 1. The lowest BCUT2D eigenvalue weighted by molar-refractivity contribution is 0.435. The maximum atomic E-state index is 4.62. The van der Waals surface area contributed by atoms with Gasteiger partial charge >= 0.3 is 0 Å². The monoisotopic (exact) mass is 242 g/mol. The summed E-state index contributed by atoms with van der Waals surface area (Å²) in [6, 6.07) is 0.569. The minimum Gasteiger partial charge on any atom is -0.362 e. The van der Waals surface area contributed by atoms with Gasteiger partial charge in [-0.05, 0) is 18.8 Å². The Morgan fingerprint density at radius 3 is 2.75 bits per heavy atom.